The lowest BCUT2D eigenvalue weighted by atomic mass is 10.1. The van der Waals surface area contributed by atoms with Crippen molar-refractivity contribution < 1.29 is 49.8 Å². The smallest absolute Gasteiger partial charge is 0.253 e. The van der Waals surface area contributed by atoms with Gasteiger partial charge in [-0.2, -0.15) is 0 Å². The predicted octanol–water partition coefficient (Wildman–Crippen LogP) is -2.00. The van der Waals surface area contributed by atoms with Gasteiger partial charge in [0, 0.05) is 23.2 Å². The van der Waals surface area contributed by atoms with E-state index < -0.39 is 49.8 Å². The van der Waals surface area contributed by atoms with Crippen LogP contribution in [0.25, 0.3) is 0 Å². The van der Waals surface area contributed by atoms with E-state index in [2.05, 4.69) is 10.6 Å². The van der Waals surface area contributed by atoms with Crippen LogP contribution in [0.5, 0.6) is 0 Å². The summed E-state index contributed by atoms with van der Waals surface area (Å²) in [5, 5.41) is 60.8. The minimum Gasteiger partial charge on any atom is -0.394 e. The molecule has 0 aliphatic carbocycles. The first-order valence-electron chi connectivity index (χ1n) is 10.5. The van der Waals surface area contributed by atoms with Gasteiger partial charge in [-0.05, 0) is 67.8 Å². The number of nitrogens with zero attached hydrogens (tertiary/aromatic N) is 1. The molecule has 36 heavy (non-hydrogen) atoms. The summed E-state index contributed by atoms with van der Waals surface area (Å²) in [7, 11) is 0. The summed E-state index contributed by atoms with van der Waals surface area (Å²) in [5.41, 5.74) is 0.178. The summed E-state index contributed by atoms with van der Waals surface area (Å²) in [4.78, 5) is 40.0. The van der Waals surface area contributed by atoms with Gasteiger partial charge in [-0.1, -0.05) is 0 Å². The Morgan fingerprint density at radius 1 is 0.806 bits per heavy atom. The van der Waals surface area contributed by atoms with E-state index in [1.807, 2.05) is 45.2 Å². The van der Waals surface area contributed by atoms with Gasteiger partial charge in [0.05, 0.1) is 69.2 Å². The Balaban J connectivity index is 3.68. The van der Waals surface area contributed by atoms with Gasteiger partial charge in [0.15, 0.2) is 0 Å². The summed E-state index contributed by atoms with van der Waals surface area (Å²) >= 11 is 5.48. The number of benzene rings is 1. The second kappa shape index (κ2) is 17.2. The second-order valence-electron chi connectivity index (χ2n) is 7.17. The molecular formula is C20H28I3N3O10. The average Bonchev–Trinajstić information content (AvgIpc) is 2.86. The molecular weight excluding hydrogens is 823 g/mol. The van der Waals surface area contributed by atoms with E-state index in [1.165, 1.54) is 0 Å². The molecule has 8 N–H and O–H groups in total. The third-order valence-corrected chi connectivity index (χ3v) is 7.75. The molecule has 1 aromatic rings. The van der Waals surface area contributed by atoms with Crippen molar-refractivity contribution in [1.29, 1.82) is 0 Å². The number of rotatable bonds is 15. The number of ether oxygens (including phenoxy) is 1. The van der Waals surface area contributed by atoms with Crippen LogP contribution in [0, 0.1) is 10.7 Å². The standard InChI is InChI=1S/C20H28I3N3O10/c21-15-13(19(34)24-5-10(31)7-28)16(22)18(26(12(33)9-30)1-3-36-4-2-27)17(23)14(15)20(35)25-6-11(32)8-29/h10-11,27-32H,1-9H2,(H,24,34)(H,25,35). The normalized spacial score (nSPS) is 12.7. The second-order valence-corrected chi connectivity index (χ2v) is 10.4. The summed E-state index contributed by atoms with van der Waals surface area (Å²) in [6.07, 6.45) is -2.43. The lowest BCUT2D eigenvalue weighted by molar-refractivity contribution is -0.121. The number of hydrogen-bond acceptors (Lipinski definition) is 10. The fourth-order valence-corrected chi connectivity index (χ4v) is 7.51. The molecule has 0 saturated carbocycles. The molecule has 1 aromatic carbocycles. The van der Waals surface area contributed by atoms with Crippen molar-refractivity contribution in [2.75, 3.05) is 64.2 Å². The zero-order valence-corrected chi connectivity index (χ0v) is 25.4. The van der Waals surface area contributed by atoms with Crippen LogP contribution in [-0.4, -0.2) is 120 Å². The van der Waals surface area contributed by atoms with E-state index in [4.69, 9.17) is 20.1 Å². The highest BCUT2D eigenvalue weighted by atomic mass is 127. The minimum atomic E-state index is -1.22. The number of anilines is 1. The first-order valence-corrected chi connectivity index (χ1v) is 13.7. The maximum Gasteiger partial charge on any atom is 0.253 e. The maximum atomic E-state index is 13.1. The van der Waals surface area contributed by atoms with E-state index in [0.717, 1.165) is 4.90 Å². The van der Waals surface area contributed by atoms with E-state index in [1.54, 1.807) is 22.6 Å². The van der Waals surface area contributed by atoms with Crippen molar-refractivity contribution in [3.8, 4) is 0 Å². The Kier molecular flexibility index (Phi) is 16.0. The fourth-order valence-electron chi connectivity index (χ4n) is 2.78. The molecule has 0 aromatic heterocycles. The Labute approximate surface area is 248 Å². The molecule has 3 amide bonds. The Morgan fingerprint density at radius 3 is 1.67 bits per heavy atom. The molecule has 0 heterocycles. The van der Waals surface area contributed by atoms with Crippen LogP contribution in [-0.2, 0) is 9.53 Å². The van der Waals surface area contributed by atoms with Crippen LogP contribution in [0.15, 0.2) is 0 Å². The number of carbonyl (C=O) groups excluding carboxylic acids is 3. The molecule has 0 fully saturated rings. The quantitative estimate of drug-likeness (QED) is 0.0720. The van der Waals surface area contributed by atoms with Gasteiger partial charge in [0.25, 0.3) is 17.7 Å². The minimum absolute atomic E-state index is 0.0108. The van der Waals surface area contributed by atoms with Crippen LogP contribution in [0.1, 0.15) is 20.7 Å². The predicted molar refractivity (Wildman–Crippen MR) is 153 cm³/mol. The van der Waals surface area contributed by atoms with Gasteiger partial charge in [0.1, 0.15) is 6.61 Å². The van der Waals surface area contributed by atoms with Crippen molar-refractivity contribution in [3.05, 3.63) is 21.8 Å². The van der Waals surface area contributed by atoms with Crippen molar-refractivity contribution in [1.82, 2.24) is 10.6 Å². The summed E-state index contributed by atoms with van der Waals surface area (Å²) < 4.78 is 6.01. The summed E-state index contributed by atoms with van der Waals surface area (Å²) in [6.45, 7) is -2.89. The van der Waals surface area contributed by atoms with E-state index in [-0.39, 0.29) is 67.0 Å². The maximum absolute atomic E-state index is 13.1. The number of aliphatic hydroxyl groups is 6. The van der Waals surface area contributed by atoms with Crippen LogP contribution in [0.4, 0.5) is 5.69 Å². The number of amides is 3. The largest absolute Gasteiger partial charge is 0.394 e. The number of nitrogens with one attached hydrogen (secondary N) is 2. The fraction of sp³-hybridized carbons (Fsp3) is 0.550. The number of aliphatic hydroxyl groups excluding tert-OH is 6. The van der Waals surface area contributed by atoms with Crippen LogP contribution >= 0.6 is 67.8 Å². The van der Waals surface area contributed by atoms with Crippen molar-refractivity contribution in [2.45, 2.75) is 12.2 Å². The average molecular weight is 851 g/mol. The lowest BCUT2D eigenvalue weighted by Gasteiger charge is -2.28. The van der Waals surface area contributed by atoms with E-state index >= 15 is 0 Å². The first-order chi connectivity index (χ1) is 17.0. The Hall–Kier alpha value is -0.460. The van der Waals surface area contributed by atoms with Gasteiger partial charge >= 0.3 is 0 Å². The van der Waals surface area contributed by atoms with Crippen LogP contribution in [0.3, 0.4) is 0 Å². The zero-order valence-electron chi connectivity index (χ0n) is 18.9. The highest BCUT2D eigenvalue weighted by molar-refractivity contribution is 14.1. The highest BCUT2D eigenvalue weighted by Gasteiger charge is 2.32. The van der Waals surface area contributed by atoms with Crippen molar-refractivity contribution in [2.24, 2.45) is 0 Å². The number of halogens is 3. The number of carbonyl (C=O) groups is 3. The van der Waals surface area contributed by atoms with E-state index in [0.29, 0.717) is 0 Å². The molecule has 1 rings (SSSR count). The molecule has 204 valence electrons. The third kappa shape index (κ3) is 9.38. The van der Waals surface area contributed by atoms with E-state index in [9.17, 15) is 29.7 Å². The molecule has 0 aliphatic rings. The molecule has 0 radical (unpaired) electrons. The summed E-state index contributed by atoms with van der Waals surface area (Å²) in [6, 6.07) is 0. The van der Waals surface area contributed by atoms with Crippen LogP contribution in [0.2, 0.25) is 0 Å². The van der Waals surface area contributed by atoms with Crippen molar-refractivity contribution in [3.63, 3.8) is 0 Å². The topological polar surface area (TPSA) is 209 Å². The van der Waals surface area contributed by atoms with Gasteiger partial charge < -0.3 is 50.9 Å². The highest BCUT2D eigenvalue weighted by Crippen LogP contribution is 2.38. The van der Waals surface area contributed by atoms with Crippen LogP contribution < -0.4 is 15.5 Å². The Morgan fingerprint density at radius 2 is 1.28 bits per heavy atom. The molecule has 0 saturated heterocycles. The molecule has 13 nitrogen and oxygen atoms in total. The third-order valence-electron chi connectivity index (χ3n) is 4.57. The van der Waals surface area contributed by atoms with Gasteiger partial charge in [-0.15, -0.1) is 0 Å². The molecule has 16 heteroatoms. The van der Waals surface area contributed by atoms with Gasteiger partial charge in [-0.25, -0.2) is 0 Å². The van der Waals surface area contributed by atoms with Crippen molar-refractivity contribution >= 4 is 91.2 Å². The molecule has 0 aliphatic heterocycles. The first kappa shape index (κ1) is 33.6. The summed E-state index contributed by atoms with van der Waals surface area (Å²) in [5.74, 6) is -2.11. The molecule has 2 unspecified atom stereocenters. The van der Waals surface area contributed by atoms with Gasteiger partial charge in [0.2, 0.25) is 0 Å². The SMILES string of the molecule is O=C(NCC(O)CO)c1c(I)c(C(=O)NCC(O)CO)c(I)c(N(CCOCCO)C(=O)CO)c1I. The lowest BCUT2D eigenvalue weighted by Crippen LogP contribution is -2.40. The number of hydrogen-bond donors (Lipinski definition) is 8. The molecule has 0 bridgehead atoms. The van der Waals surface area contributed by atoms with Gasteiger partial charge in [-0.3, -0.25) is 14.4 Å². The monoisotopic (exact) mass is 851 g/mol. The molecule has 0 spiro atoms. The Bertz CT molecular complexity index is 868. The zero-order chi connectivity index (χ0) is 27.4. The molecule has 2 atom stereocenters.